The number of carbonyl (C=O) groups is 3. The maximum Gasteiger partial charge on any atom is 0.331 e. The van der Waals surface area contributed by atoms with E-state index in [1.54, 1.807) is 18.2 Å². The minimum Gasteiger partial charge on any atom is -0.424 e. The second-order valence-electron chi connectivity index (χ2n) is 7.10. The quantitative estimate of drug-likeness (QED) is 0.483. The van der Waals surface area contributed by atoms with Crippen LogP contribution in [0.2, 0.25) is 5.02 Å². The smallest absolute Gasteiger partial charge is 0.331 e. The van der Waals surface area contributed by atoms with Crippen LogP contribution in [0.3, 0.4) is 0 Å². The Morgan fingerprint density at radius 3 is 2.46 bits per heavy atom. The van der Waals surface area contributed by atoms with E-state index in [9.17, 15) is 14.4 Å². The molecule has 0 atom stereocenters. The number of rotatable bonds is 4. The molecule has 0 bridgehead atoms. The van der Waals surface area contributed by atoms with E-state index in [4.69, 9.17) is 16.3 Å². The molecule has 2 fully saturated rings. The van der Waals surface area contributed by atoms with Gasteiger partial charge in [-0.3, -0.25) is 9.69 Å². The molecule has 1 N–H and O–H groups in total. The number of imide groups is 1. The maximum absolute atomic E-state index is 12.6. The molecule has 28 heavy (non-hydrogen) atoms. The van der Waals surface area contributed by atoms with Crippen LogP contribution in [0.15, 0.2) is 48.5 Å². The summed E-state index contributed by atoms with van der Waals surface area (Å²) in [4.78, 5) is 38.0. The third-order valence-corrected chi connectivity index (χ3v) is 5.55. The molecule has 2 aromatic rings. The van der Waals surface area contributed by atoms with Gasteiger partial charge in [-0.05, 0) is 36.1 Å². The molecule has 1 spiro atoms. The van der Waals surface area contributed by atoms with Gasteiger partial charge in [0.1, 0.15) is 17.8 Å². The van der Waals surface area contributed by atoms with Gasteiger partial charge in [0.05, 0.1) is 5.02 Å². The van der Waals surface area contributed by atoms with Crippen LogP contribution in [0.4, 0.5) is 4.79 Å². The fraction of sp³-hybridized carbons (Fsp3) is 0.286. The highest BCUT2D eigenvalue weighted by Gasteiger charge is 2.52. The summed E-state index contributed by atoms with van der Waals surface area (Å²) in [6.45, 7) is -0.441. The molecule has 0 radical (unpaired) electrons. The van der Waals surface area contributed by atoms with Crippen LogP contribution in [0.5, 0.6) is 5.75 Å². The van der Waals surface area contributed by atoms with Gasteiger partial charge in [0.2, 0.25) is 0 Å². The van der Waals surface area contributed by atoms with E-state index in [-0.39, 0.29) is 16.7 Å². The third kappa shape index (κ3) is 3.36. The molecule has 2 aromatic carbocycles. The van der Waals surface area contributed by atoms with Crippen molar-refractivity contribution in [2.45, 2.75) is 31.2 Å². The Labute approximate surface area is 167 Å². The first kappa shape index (κ1) is 18.5. The predicted molar refractivity (Wildman–Crippen MR) is 104 cm³/mol. The lowest BCUT2D eigenvalue weighted by molar-refractivity contribution is -0.140. The van der Waals surface area contributed by atoms with Crippen molar-refractivity contribution in [2.75, 3.05) is 6.54 Å². The molecule has 0 aromatic heterocycles. The number of ether oxygens (including phenoxy) is 1. The van der Waals surface area contributed by atoms with Gasteiger partial charge in [0, 0.05) is 0 Å². The largest absolute Gasteiger partial charge is 0.424 e. The minimum atomic E-state index is -0.841. The lowest BCUT2D eigenvalue weighted by Crippen LogP contribution is -2.44. The van der Waals surface area contributed by atoms with Gasteiger partial charge < -0.3 is 10.1 Å². The van der Waals surface area contributed by atoms with Crippen molar-refractivity contribution in [1.82, 2.24) is 10.2 Å². The highest BCUT2D eigenvalue weighted by molar-refractivity contribution is 6.32. The number of amides is 3. The van der Waals surface area contributed by atoms with Crippen LogP contribution < -0.4 is 10.1 Å². The van der Waals surface area contributed by atoms with Crippen molar-refractivity contribution in [1.29, 1.82) is 0 Å². The summed E-state index contributed by atoms with van der Waals surface area (Å²) in [6, 6.07) is 14.2. The molecule has 144 valence electrons. The number of halogens is 1. The lowest BCUT2D eigenvalue weighted by atomic mass is 9.98. The van der Waals surface area contributed by atoms with Crippen LogP contribution in [-0.4, -0.2) is 34.9 Å². The van der Waals surface area contributed by atoms with Crippen molar-refractivity contribution in [3.63, 3.8) is 0 Å². The molecule has 4 rings (SSSR count). The van der Waals surface area contributed by atoms with Gasteiger partial charge in [-0.25, -0.2) is 9.59 Å². The summed E-state index contributed by atoms with van der Waals surface area (Å²) in [5, 5.41) is 3.02. The Hall–Kier alpha value is -2.86. The zero-order valence-electron chi connectivity index (χ0n) is 15.1. The van der Waals surface area contributed by atoms with Crippen molar-refractivity contribution in [3.8, 4) is 16.9 Å². The molecule has 1 heterocycles. The van der Waals surface area contributed by atoms with Crippen molar-refractivity contribution < 1.29 is 19.1 Å². The number of urea groups is 1. The van der Waals surface area contributed by atoms with Crippen LogP contribution in [0, 0.1) is 0 Å². The van der Waals surface area contributed by atoms with E-state index < -0.39 is 24.1 Å². The number of nitrogens with one attached hydrogen (secondary N) is 1. The van der Waals surface area contributed by atoms with Gasteiger partial charge in [0.25, 0.3) is 5.91 Å². The first-order chi connectivity index (χ1) is 13.5. The molecule has 7 heteroatoms. The summed E-state index contributed by atoms with van der Waals surface area (Å²) in [7, 11) is 0. The molecule has 3 amide bonds. The second-order valence-corrected chi connectivity index (χ2v) is 7.50. The van der Waals surface area contributed by atoms with Crippen molar-refractivity contribution in [2.24, 2.45) is 0 Å². The average Bonchev–Trinajstić information content (AvgIpc) is 3.25. The first-order valence-electron chi connectivity index (χ1n) is 9.18. The number of nitrogens with zero attached hydrogens (tertiary/aromatic N) is 1. The van der Waals surface area contributed by atoms with E-state index in [0.29, 0.717) is 12.8 Å². The Morgan fingerprint density at radius 2 is 1.79 bits per heavy atom. The SMILES string of the molecule is O=C(CN1C(=O)NC2(CCCC2)C1=O)Oc1ccc(-c2ccccc2)cc1Cl. The van der Waals surface area contributed by atoms with Crippen LogP contribution in [-0.2, 0) is 9.59 Å². The third-order valence-electron chi connectivity index (χ3n) is 5.25. The van der Waals surface area contributed by atoms with E-state index in [1.807, 2.05) is 30.3 Å². The molecule has 1 aliphatic carbocycles. The normalized spacial score (nSPS) is 17.8. The fourth-order valence-corrected chi connectivity index (χ4v) is 4.03. The Bertz CT molecular complexity index is 939. The zero-order valence-corrected chi connectivity index (χ0v) is 15.9. The molecule has 1 saturated carbocycles. The number of benzene rings is 2. The van der Waals surface area contributed by atoms with Gasteiger partial charge >= 0.3 is 12.0 Å². The van der Waals surface area contributed by atoms with Crippen molar-refractivity contribution in [3.05, 3.63) is 53.6 Å². The van der Waals surface area contributed by atoms with Gasteiger partial charge in [-0.15, -0.1) is 0 Å². The van der Waals surface area contributed by atoms with Gasteiger partial charge in [-0.2, -0.15) is 0 Å². The van der Waals surface area contributed by atoms with Crippen LogP contribution in [0.1, 0.15) is 25.7 Å². The molecule has 1 aliphatic heterocycles. The molecule has 0 unspecified atom stereocenters. The Balaban J connectivity index is 1.44. The molecular formula is C21H19ClN2O4. The van der Waals surface area contributed by atoms with Gasteiger partial charge in [0.15, 0.2) is 0 Å². The zero-order chi connectivity index (χ0) is 19.7. The van der Waals surface area contributed by atoms with Gasteiger partial charge in [-0.1, -0.05) is 60.8 Å². The minimum absolute atomic E-state index is 0.189. The Kier molecular flexibility index (Phi) is 4.81. The summed E-state index contributed by atoms with van der Waals surface area (Å²) in [6.07, 6.45) is 2.98. The number of hydrogen-bond donors (Lipinski definition) is 1. The first-order valence-corrected chi connectivity index (χ1v) is 9.56. The van der Waals surface area contributed by atoms with Crippen molar-refractivity contribution >= 4 is 29.5 Å². The van der Waals surface area contributed by atoms with Crippen LogP contribution in [0.25, 0.3) is 11.1 Å². The fourth-order valence-electron chi connectivity index (χ4n) is 3.82. The van der Waals surface area contributed by atoms with E-state index in [2.05, 4.69) is 5.32 Å². The van der Waals surface area contributed by atoms with E-state index in [0.717, 1.165) is 28.9 Å². The topological polar surface area (TPSA) is 75.7 Å². The summed E-state index contributed by atoms with van der Waals surface area (Å²) in [5.41, 5.74) is 1.04. The Morgan fingerprint density at radius 1 is 1.07 bits per heavy atom. The summed E-state index contributed by atoms with van der Waals surface area (Å²) in [5.74, 6) is -0.876. The molecular weight excluding hydrogens is 380 g/mol. The predicted octanol–water partition coefficient (Wildman–Crippen LogP) is 3.78. The number of carbonyl (C=O) groups excluding carboxylic acids is 3. The highest BCUT2D eigenvalue weighted by Crippen LogP contribution is 2.35. The molecule has 6 nitrogen and oxygen atoms in total. The summed E-state index contributed by atoms with van der Waals surface area (Å²) < 4.78 is 5.30. The number of esters is 1. The standard InChI is InChI=1S/C21H19ClN2O4/c22-16-12-15(14-6-2-1-3-7-14)8-9-17(16)28-18(25)13-24-19(26)21(23-20(24)27)10-4-5-11-21/h1-3,6-9,12H,4-5,10-11,13H2,(H,23,27). The number of hydrogen-bond acceptors (Lipinski definition) is 4. The average molecular weight is 399 g/mol. The monoisotopic (exact) mass is 398 g/mol. The van der Waals surface area contributed by atoms with Crippen LogP contribution >= 0.6 is 11.6 Å². The lowest BCUT2D eigenvalue weighted by Gasteiger charge is -2.19. The van der Waals surface area contributed by atoms with E-state index >= 15 is 0 Å². The second kappa shape index (κ2) is 7.28. The molecule has 2 aliphatic rings. The molecule has 1 saturated heterocycles. The summed E-state index contributed by atoms with van der Waals surface area (Å²) >= 11 is 6.26. The maximum atomic E-state index is 12.6. The highest BCUT2D eigenvalue weighted by atomic mass is 35.5. The van der Waals surface area contributed by atoms with E-state index in [1.165, 1.54) is 0 Å².